The molecular formula is C19H22N2O3S3. The number of esters is 1. The molecule has 5 nitrogen and oxygen atoms in total. The van der Waals surface area contributed by atoms with Crippen LogP contribution in [0.15, 0.2) is 17.5 Å². The summed E-state index contributed by atoms with van der Waals surface area (Å²) in [6.45, 7) is 4.33. The molecule has 0 saturated heterocycles. The number of thiophene rings is 2. The molecule has 1 atom stereocenters. The third kappa shape index (κ3) is 4.94. The monoisotopic (exact) mass is 422 g/mol. The number of carbonyl (C=O) groups excluding carboxylic acids is 2. The number of rotatable bonds is 5. The molecule has 0 bridgehead atoms. The lowest BCUT2D eigenvalue weighted by Crippen LogP contribution is -2.35. The van der Waals surface area contributed by atoms with E-state index in [0.717, 1.165) is 29.7 Å². The highest BCUT2D eigenvalue weighted by molar-refractivity contribution is 7.80. The fraction of sp³-hybridized carbons (Fsp3) is 0.421. The van der Waals surface area contributed by atoms with Crippen molar-refractivity contribution in [1.29, 1.82) is 0 Å². The standard InChI is InChI=1S/C19H22N2O3S3/c1-3-24-18(23)16-13-7-6-11(2)9-14(13)27-17(16)21-19(25)20-15(22)10-12-5-4-8-26-12/h4-5,8,11H,3,6-7,9-10H2,1-2H3,(H2,20,21,22,25)/t11-/m0/s1. The number of thiocarbonyl (C=S) groups is 1. The Labute approximate surface area is 172 Å². The molecule has 0 radical (unpaired) electrons. The Balaban J connectivity index is 1.74. The van der Waals surface area contributed by atoms with Gasteiger partial charge in [0.05, 0.1) is 18.6 Å². The summed E-state index contributed by atoms with van der Waals surface area (Å²) in [7, 11) is 0. The van der Waals surface area contributed by atoms with Gasteiger partial charge < -0.3 is 15.4 Å². The Bertz CT molecular complexity index is 843. The number of amides is 1. The summed E-state index contributed by atoms with van der Waals surface area (Å²) in [6, 6.07) is 3.82. The van der Waals surface area contributed by atoms with E-state index >= 15 is 0 Å². The first kappa shape index (κ1) is 20.0. The molecule has 2 heterocycles. The third-order valence-corrected chi connectivity index (χ3v) is 6.64. The molecule has 1 aliphatic rings. The van der Waals surface area contributed by atoms with Crippen molar-refractivity contribution in [3.8, 4) is 0 Å². The Morgan fingerprint density at radius 1 is 1.41 bits per heavy atom. The second kappa shape index (κ2) is 8.95. The Hall–Kier alpha value is -1.77. The lowest BCUT2D eigenvalue weighted by atomic mass is 9.88. The van der Waals surface area contributed by atoms with E-state index in [9.17, 15) is 9.59 Å². The van der Waals surface area contributed by atoms with Gasteiger partial charge in [-0.1, -0.05) is 13.0 Å². The molecule has 2 aromatic heterocycles. The summed E-state index contributed by atoms with van der Waals surface area (Å²) in [4.78, 5) is 26.8. The van der Waals surface area contributed by atoms with Gasteiger partial charge >= 0.3 is 5.97 Å². The quantitative estimate of drug-likeness (QED) is 0.559. The number of nitrogens with one attached hydrogen (secondary N) is 2. The lowest BCUT2D eigenvalue weighted by molar-refractivity contribution is -0.118. The van der Waals surface area contributed by atoms with E-state index in [2.05, 4.69) is 17.6 Å². The van der Waals surface area contributed by atoms with E-state index in [1.807, 2.05) is 17.5 Å². The molecule has 0 aromatic carbocycles. The fourth-order valence-corrected chi connectivity index (χ4v) is 5.52. The highest BCUT2D eigenvalue weighted by Crippen LogP contribution is 2.40. The zero-order valence-electron chi connectivity index (χ0n) is 15.3. The number of hydrogen-bond acceptors (Lipinski definition) is 6. The maximum Gasteiger partial charge on any atom is 0.341 e. The molecule has 2 N–H and O–H groups in total. The highest BCUT2D eigenvalue weighted by Gasteiger charge is 2.28. The van der Waals surface area contributed by atoms with Crippen molar-refractivity contribution in [2.24, 2.45) is 5.92 Å². The first-order valence-electron chi connectivity index (χ1n) is 8.92. The summed E-state index contributed by atoms with van der Waals surface area (Å²) in [5, 5.41) is 8.55. The van der Waals surface area contributed by atoms with Crippen molar-refractivity contribution in [3.05, 3.63) is 38.4 Å². The zero-order chi connectivity index (χ0) is 19.4. The van der Waals surface area contributed by atoms with Gasteiger partial charge in [0, 0.05) is 9.75 Å². The predicted molar refractivity (Wildman–Crippen MR) is 114 cm³/mol. The number of fused-ring (bicyclic) bond motifs is 1. The largest absolute Gasteiger partial charge is 0.462 e. The van der Waals surface area contributed by atoms with Crippen LogP contribution in [0.25, 0.3) is 0 Å². The first-order valence-corrected chi connectivity index (χ1v) is 11.0. The average molecular weight is 423 g/mol. The molecule has 3 rings (SSSR count). The van der Waals surface area contributed by atoms with E-state index in [0.29, 0.717) is 23.1 Å². The molecule has 1 amide bonds. The fourth-order valence-electron chi connectivity index (χ4n) is 3.13. The van der Waals surface area contributed by atoms with Crippen molar-refractivity contribution in [2.75, 3.05) is 11.9 Å². The molecule has 2 aromatic rings. The Kier molecular flexibility index (Phi) is 6.62. The molecule has 0 fully saturated rings. The molecule has 0 aliphatic heterocycles. The van der Waals surface area contributed by atoms with Gasteiger partial charge in [-0.05, 0) is 61.3 Å². The van der Waals surface area contributed by atoms with Crippen LogP contribution in [0, 0.1) is 5.92 Å². The van der Waals surface area contributed by atoms with Crippen LogP contribution in [0.2, 0.25) is 0 Å². The van der Waals surface area contributed by atoms with Crippen LogP contribution in [-0.2, 0) is 28.8 Å². The minimum atomic E-state index is -0.334. The van der Waals surface area contributed by atoms with Gasteiger partial charge in [-0.2, -0.15) is 0 Å². The summed E-state index contributed by atoms with van der Waals surface area (Å²) in [6.07, 6.45) is 3.15. The smallest absolute Gasteiger partial charge is 0.341 e. The Morgan fingerprint density at radius 3 is 2.93 bits per heavy atom. The molecule has 0 unspecified atom stereocenters. The Morgan fingerprint density at radius 2 is 2.22 bits per heavy atom. The molecule has 1 aliphatic carbocycles. The van der Waals surface area contributed by atoms with Crippen LogP contribution in [0.1, 0.15) is 45.9 Å². The molecule has 8 heteroatoms. The normalized spacial score (nSPS) is 15.7. The van der Waals surface area contributed by atoms with E-state index in [4.69, 9.17) is 17.0 Å². The van der Waals surface area contributed by atoms with Gasteiger partial charge in [-0.3, -0.25) is 4.79 Å². The van der Waals surface area contributed by atoms with Crippen molar-refractivity contribution < 1.29 is 14.3 Å². The summed E-state index contributed by atoms with van der Waals surface area (Å²) in [5.74, 6) is 0.0823. The minimum absolute atomic E-state index is 0.178. The number of hydrogen-bond donors (Lipinski definition) is 2. The van der Waals surface area contributed by atoms with E-state index in [1.165, 1.54) is 27.6 Å². The maximum absolute atomic E-state index is 12.5. The molecule has 0 saturated carbocycles. The van der Waals surface area contributed by atoms with E-state index in [-0.39, 0.29) is 23.4 Å². The van der Waals surface area contributed by atoms with Crippen LogP contribution in [-0.4, -0.2) is 23.6 Å². The SMILES string of the molecule is CCOC(=O)c1c(NC(=S)NC(=O)Cc2cccs2)sc2c1CC[C@H](C)C2. The van der Waals surface area contributed by atoms with Gasteiger partial charge in [0.2, 0.25) is 5.91 Å². The second-order valence-electron chi connectivity index (χ2n) is 6.53. The summed E-state index contributed by atoms with van der Waals surface area (Å²) in [5.41, 5.74) is 1.63. The highest BCUT2D eigenvalue weighted by atomic mass is 32.1. The zero-order valence-corrected chi connectivity index (χ0v) is 17.7. The van der Waals surface area contributed by atoms with Gasteiger partial charge in [0.1, 0.15) is 5.00 Å². The van der Waals surface area contributed by atoms with Crippen molar-refractivity contribution in [3.63, 3.8) is 0 Å². The lowest BCUT2D eigenvalue weighted by Gasteiger charge is -2.18. The van der Waals surface area contributed by atoms with Crippen LogP contribution < -0.4 is 10.6 Å². The van der Waals surface area contributed by atoms with Crippen LogP contribution in [0.4, 0.5) is 5.00 Å². The van der Waals surface area contributed by atoms with Gasteiger partial charge in [0.15, 0.2) is 5.11 Å². The van der Waals surface area contributed by atoms with Crippen LogP contribution in [0.5, 0.6) is 0 Å². The van der Waals surface area contributed by atoms with Crippen molar-refractivity contribution in [1.82, 2.24) is 5.32 Å². The molecule has 0 spiro atoms. The van der Waals surface area contributed by atoms with Crippen LogP contribution >= 0.6 is 34.9 Å². The minimum Gasteiger partial charge on any atom is -0.462 e. The summed E-state index contributed by atoms with van der Waals surface area (Å²) >= 11 is 8.36. The maximum atomic E-state index is 12.5. The molecule has 27 heavy (non-hydrogen) atoms. The van der Waals surface area contributed by atoms with Gasteiger partial charge in [-0.25, -0.2) is 4.79 Å². The summed E-state index contributed by atoms with van der Waals surface area (Å²) < 4.78 is 5.25. The van der Waals surface area contributed by atoms with Gasteiger partial charge in [-0.15, -0.1) is 22.7 Å². The van der Waals surface area contributed by atoms with Crippen LogP contribution in [0.3, 0.4) is 0 Å². The van der Waals surface area contributed by atoms with E-state index in [1.54, 1.807) is 6.92 Å². The van der Waals surface area contributed by atoms with Crippen molar-refractivity contribution in [2.45, 2.75) is 39.5 Å². The predicted octanol–water partition coefficient (Wildman–Crippen LogP) is 4.17. The number of anilines is 1. The van der Waals surface area contributed by atoms with Gasteiger partial charge in [0.25, 0.3) is 0 Å². The molecule has 144 valence electrons. The van der Waals surface area contributed by atoms with E-state index < -0.39 is 0 Å². The number of ether oxygens (including phenoxy) is 1. The topological polar surface area (TPSA) is 67.4 Å². The third-order valence-electron chi connectivity index (χ3n) is 4.39. The average Bonchev–Trinajstić information content (AvgIpc) is 3.21. The second-order valence-corrected chi connectivity index (χ2v) is 9.08. The van der Waals surface area contributed by atoms with Crippen molar-refractivity contribution >= 4 is 56.9 Å². The first-order chi connectivity index (χ1) is 13.0. The molecular weight excluding hydrogens is 400 g/mol. The number of carbonyl (C=O) groups is 2.